The van der Waals surface area contributed by atoms with E-state index in [1.54, 1.807) is 11.3 Å². The highest BCUT2D eigenvalue weighted by Gasteiger charge is 2.13. The molecule has 0 amide bonds. The van der Waals surface area contributed by atoms with Crippen molar-refractivity contribution in [1.29, 1.82) is 0 Å². The zero-order valence-electron chi connectivity index (χ0n) is 10.7. The van der Waals surface area contributed by atoms with Crippen LogP contribution in [0.5, 0.6) is 0 Å². The minimum atomic E-state index is 0.647. The molecule has 3 heteroatoms. The molecule has 0 spiro atoms. The topological polar surface area (TPSA) is 35.2 Å². The Labute approximate surface area is 108 Å². The third-order valence-corrected chi connectivity index (χ3v) is 4.72. The number of thiophene rings is 1. The summed E-state index contributed by atoms with van der Waals surface area (Å²) in [5.41, 5.74) is 6.97. The zero-order valence-corrected chi connectivity index (χ0v) is 11.5. The molecule has 1 saturated carbocycles. The second-order valence-electron chi connectivity index (χ2n) is 5.02. The zero-order chi connectivity index (χ0) is 12.1. The van der Waals surface area contributed by atoms with E-state index in [4.69, 9.17) is 10.5 Å². The van der Waals surface area contributed by atoms with Crippen LogP contribution in [0, 0.1) is 12.8 Å². The lowest BCUT2D eigenvalue weighted by molar-refractivity contribution is 0.0738. The molecule has 1 heterocycles. The number of hydrogen-bond acceptors (Lipinski definition) is 3. The van der Waals surface area contributed by atoms with Gasteiger partial charge in [0.1, 0.15) is 0 Å². The summed E-state index contributed by atoms with van der Waals surface area (Å²) in [4.78, 5) is 2.62. The second-order valence-corrected chi connectivity index (χ2v) is 6.36. The van der Waals surface area contributed by atoms with Gasteiger partial charge < -0.3 is 10.5 Å². The summed E-state index contributed by atoms with van der Waals surface area (Å²) in [6.07, 6.45) is 6.92. The van der Waals surface area contributed by atoms with Crippen molar-refractivity contribution in [1.82, 2.24) is 0 Å². The molecule has 0 unspecified atom stereocenters. The normalized spacial score (nSPS) is 17.5. The van der Waals surface area contributed by atoms with Crippen molar-refractivity contribution in [3.8, 4) is 0 Å². The van der Waals surface area contributed by atoms with E-state index in [2.05, 4.69) is 13.0 Å². The van der Waals surface area contributed by atoms with E-state index in [0.29, 0.717) is 6.54 Å². The fourth-order valence-electron chi connectivity index (χ4n) is 2.52. The lowest BCUT2D eigenvalue weighted by Gasteiger charge is -2.21. The van der Waals surface area contributed by atoms with Crippen LogP contribution in [0.15, 0.2) is 6.07 Å². The van der Waals surface area contributed by atoms with E-state index in [1.807, 2.05) is 0 Å². The Morgan fingerprint density at radius 3 is 2.76 bits per heavy atom. The average Bonchev–Trinajstić information content (AvgIpc) is 2.72. The molecular weight excluding hydrogens is 230 g/mol. The van der Waals surface area contributed by atoms with Gasteiger partial charge in [0.15, 0.2) is 0 Å². The first-order chi connectivity index (χ1) is 8.29. The van der Waals surface area contributed by atoms with Gasteiger partial charge in [0.25, 0.3) is 0 Å². The van der Waals surface area contributed by atoms with Crippen molar-refractivity contribution in [2.75, 3.05) is 6.61 Å². The molecule has 17 heavy (non-hydrogen) atoms. The molecule has 1 fully saturated rings. The van der Waals surface area contributed by atoms with Gasteiger partial charge in [-0.05, 0) is 37.3 Å². The van der Waals surface area contributed by atoms with Gasteiger partial charge >= 0.3 is 0 Å². The van der Waals surface area contributed by atoms with E-state index in [-0.39, 0.29) is 0 Å². The van der Waals surface area contributed by atoms with Gasteiger partial charge in [-0.15, -0.1) is 11.3 Å². The summed E-state index contributed by atoms with van der Waals surface area (Å²) in [6.45, 7) is 4.50. The van der Waals surface area contributed by atoms with Gasteiger partial charge in [-0.25, -0.2) is 0 Å². The first kappa shape index (κ1) is 13.1. The van der Waals surface area contributed by atoms with Crippen LogP contribution in [-0.2, 0) is 17.9 Å². The number of ether oxygens (including phenoxy) is 1. The maximum absolute atomic E-state index is 5.86. The van der Waals surface area contributed by atoms with Crippen LogP contribution < -0.4 is 5.73 Å². The molecule has 2 nitrogen and oxygen atoms in total. The maximum Gasteiger partial charge on any atom is 0.0727 e. The molecule has 1 aromatic rings. The lowest BCUT2D eigenvalue weighted by atomic mass is 9.90. The molecular formula is C14H23NOS. The highest BCUT2D eigenvalue weighted by Crippen LogP contribution is 2.25. The molecule has 0 radical (unpaired) electrons. The third-order valence-electron chi connectivity index (χ3n) is 3.61. The van der Waals surface area contributed by atoms with Crippen molar-refractivity contribution in [2.24, 2.45) is 11.7 Å². The Bertz CT molecular complexity index is 342. The summed E-state index contributed by atoms with van der Waals surface area (Å²) in [6, 6.07) is 2.20. The summed E-state index contributed by atoms with van der Waals surface area (Å²) >= 11 is 1.80. The Kier molecular flexibility index (Phi) is 5.01. The van der Waals surface area contributed by atoms with E-state index in [1.165, 1.54) is 47.4 Å². The molecule has 0 aromatic carbocycles. The average molecular weight is 253 g/mol. The van der Waals surface area contributed by atoms with Gasteiger partial charge in [-0.3, -0.25) is 0 Å². The number of nitrogens with two attached hydrogens (primary N) is 1. The minimum absolute atomic E-state index is 0.647. The second kappa shape index (κ2) is 6.53. The quantitative estimate of drug-likeness (QED) is 0.870. The lowest BCUT2D eigenvalue weighted by Crippen LogP contribution is -2.13. The SMILES string of the molecule is Cc1sc(CN)cc1COCC1CCCCC1. The van der Waals surface area contributed by atoms with Crippen molar-refractivity contribution in [3.05, 3.63) is 21.4 Å². The molecule has 96 valence electrons. The van der Waals surface area contributed by atoms with Crippen molar-refractivity contribution >= 4 is 11.3 Å². The fourth-order valence-corrected chi connectivity index (χ4v) is 3.45. The van der Waals surface area contributed by atoms with Crippen molar-refractivity contribution in [3.63, 3.8) is 0 Å². The summed E-state index contributed by atoms with van der Waals surface area (Å²) in [7, 11) is 0. The standard InChI is InChI=1S/C14H23NOS/c1-11-13(7-14(8-15)17-11)10-16-9-12-5-3-2-4-6-12/h7,12H,2-6,8-10,15H2,1H3. The van der Waals surface area contributed by atoms with Crippen LogP contribution in [0.4, 0.5) is 0 Å². The first-order valence-electron chi connectivity index (χ1n) is 6.65. The van der Waals surface area contributed by atoms with Crippen LogP contribution in [0.1, 0.15) is 47.4 Å². The summed E-state index contributed by atoms with van der Waals surface area (Å²) in [5.74, 6) is 0.802. The molecule has 0 saturated heterocycles. The van der Waals surface area contributed by atoms with Gasteiger partial charge in [0, 0.05) is 22.9 Å². The predicted molar refractivity (Wildman–Crippen MR) is 73.2 cm³/mol. The molecule has 2 N–H and O–H groups in total. The summed E-state index contributed by atoms with van der Waals surface area (Å²) in [5, 5.41) is 0. The van der Waals surface area contributed by atoms with Crippen molar-refractivity contribution in [2.45, 2.75) is 52.2 Å². The van der Waals surface area contributed by atoms with Gasteiger partial charge in [0.2, 0.25) is 0 Å². The largest absolute Gasteiger partial charge is 0.376 e. The first-order valence-corrected chi connectivity index (χ1v) is 7.47. The van der Waals surface area contributed by atoms with E-state index >= 15 is 0 Å². The van der Waals surface area contributed by atoms with Gasteiger partial charge in [-0.1, -0.05) is 19.3 Å². The molecule has 1 aromatic heterocycles. The molecule has 0 bridgehead atoms. The molecule has 0 atom stereocenters. The molecule has 1 aliphatic rings. The summed E-state index contributed by atoms with van der Waals surface area (Å²) < 4.78 is 5.86. The molecule has 1 aliphatic carbocycles. The van der Waals surface area contributed by atoms with E-state index < -0.39 is 0 Å². The van der Waals surface area contributed by atoms with E-state index in [9.17, 15) is 0 Å². The molecule has 0 aliphatic heterocycles. The Balaban J connectivity index is 1.75. The van der Waals surface area contributed by atoms with E-state index in [0.717, 1.165) is 19.1 Å². The van der Waals surface area contributed by atoms with Crippen LogP contribution in [-0.4, -0.2) is 6.61 Å². The van der Waals surface area contributed by atoms with Crippen LogP contribution in [0.2, 0.25) is 0 Å². The van der Waals surface area contributed by atoms with Crippen LogP contribution in [0.3, 0.4) is 0 Å². The van der Waals surface area contributed by atoms with Crippen molar-refractivity contribution < 1.29 is 4.74 Å². The monoisotopic (exact) mass is 253 g/mol. The van der Waals surface area contributed by atoms with Crippen LogP contribution in [0.25, 0.3) is 0 Å². The number of aryl methyl sites for hydroxylation is 1. The van der Waals surface area contributed by atoms with Crippen LogP contribution >= 0.6 is 11.3 Å². The third kappa shape index (κ3) is 3.80. The molecule has 2 rings (SSSR count). The number of hydrogen-bond donors (Lipinski definition) is 1. The highest BCUT2D eigenvalue weighted by atomic mass is 32.1. The van der Waals surface area contributed by atoms with Gasteiger partial charge in [-0.2, -0.15) is 0 Å². The Hall–Kier alpha value is -0.380. The maximum atomic E-state index is 5.86. The fraction of sp³-hybridized carbons (Fsp3) is 0.714. The highest BCUT2D eigenvalue weighted by molar-refractivity contribution is 7.12. The van der Waals surface area contributed by atoms with Gasteiger partial charge in [0.05, 0.1) is 6.61 Å². The number of rotatable bonds is 5. The Morgan fingerprint density at radius 2 is 2.12 bits per heavy atom. The Morgan fingerprint density at radius 1 is 1.35 bits per heavy atom. The minimum Gasteiger partial charge on any atom is -0.376 e. The smallest absolute Gasteiger partial charge is 0.0727 e. The predicted octanol–water partition coefficient (Wildman–Crippen LogP) is 3.61.